The SMILES string of the molecule is NC1CCC(C(=O)Nc2ccc3cc(Br)ccc3c2)C1. The number of halogens is 1. The van der Waals surface area contributed by atoms with E-state index in [9.17, 15) is 4.79 Å². The smallest absolute Gasteiger partial charge is 0.227 e. The molecule has 0 heterocycles. The Hall–Kier alpha value is -1.39. The molecule has 0 bridgehead atoms. The number of nitrogens with one attached hydrogen (secondary N) is 1. The maximum absolute atomic E-state index is 12.2. The largest absolute Gasteiger partial charge is 0.328 e. The Kier molecular flexibility index (Phi) is 3.76. The van der Waals surface area contributed by atoms with Gasteiger partial charge in [-0.15, -0.1) is 0 Å². The lowest BCUT2D eigenvalue weighted by molar-refractivity contribution is -0.119. The van der Waals surface area contributed by atoms with Crippen LogP contribution in [0.4, 0.5) is 5.69 Å². The maximum atomic E-state index is 12.2. The minimum Gasteiger partial charge on any atom is -0.328 e. The van der Waals surface area contributed by atoms with Gasteiger partial charge in [-0.05, 0) is 54.3 Å². The molecule has 0 saturated heterocycles. The number of nitrogens with two attached hydrogens (primary N) is 1. The first-order chi connectivity index (χ1) is 9.61. The molecule has 1 fully saturated rings. The van der Waals surface area contributed by atoms with E-state index in [4.69, 9.17) is 5.73 Å². The summed E-state index contributed by atoms with van der Waals surface area (Å²) in [6.07, 6.45) is 2.64. The first-order valence-corrected chi connectivity index (χ1v) is 7.67. The van der Waals surface area contributed by atoms with Gasteiger partial charge >= 0.3 is 0 Å². The van der Waals surface area contributed by atoms with Crippen molar-refractivity contribution in [1.82, 2.24) is 0 Å². The Morgan fingerprint density at radius 2 is 1.90 bits per heavy atom. The van der Waals surface area contributed by atoms with Crippen LogP contribution in [0, 0.1) is 5.92 Å². The molecule has 3 nitrogen and oxygen atoms in total. The second-order valence-electron chi connectivity index (χ2n) is 5.47. The summed E-state index contributed by atoms with van der Waals surface area (Å²) in [6, 6.07) is 12.3. The summed E-state index contributed by atoms with van der Waals surface area (Å²) in [5.41, 5.74) is 6.71. The average molecular weight is 333 g/mol. The Balaban J connectivity index is 1.77. The van der Waals surface area contributed by atoms with Crippen molar-refractivity contribution in [3.8, 4) is 0 Å². The Bertz CT molecular complexity index is 656. The van der Waals surface area contributed by atoms with Gasteiger partial charge in [-0.25, -0.2) is 0 Å². The van der Waals surface area contributed by atoms with Gasteiger partial charge in [-0.2, -0.15) is 0 Å². The van der Waals surface area contributed by atoms with Gasteiger partial charge in [0.05, 0.1) is 0 Å². The average Bonchev–Trinajstić information content (AvgIpc) is 2.86. The van der Waals surface area contributed by atoms with E-state index in [2.05, 4.69) is 27.3 Å². The summed E-state index contributed by atoms with van der Waals surface area (Å²) in [5, 5.41) is 5.28. The first-order valence-electron chi connectivity index (χ1n) is 6.87. The molecule has 0 spiro atoms. The standard InChI is InChI=1S/C16H17BrN2O/c17-13-4-1-11-9-15(6-3-10(11)7-13)19-16(20)12-2-5-14(18)8-12/h1,3-4,6-7,9,12,14H,2,5,8,18H2,(H,19,20). The predicted molar refractivity (Wildman–Crippen MR) is 85.6 cm³/mol. The molecule has 2 atom stereocenters. The minimum absolute atomic E-state index is 0.0608. The molecule has 0 radical (unpaired) electrons. The van der Waals surface area contributed by atoms with Crippen LogP contribution in [0.1, 0.15) is 19.3 Å². The van der Waals surface area contributed by atoms with Gasteiger partial charge in [-0.1, -0.05) is 28.1 Å². The predicted octanol–water partition coefficient (Wildman–Crippen LogP) is 3.67. The van der Waals surface area contributed by atoms with Crippen LogP contribution in [0.25, 0.3) is 10.8 Å². The van der Waals surface area contributed by atoms with Crippen molar-refractivity contribution < 1.29 is 4.79 Å². The van der Waals surface area contributed by atoms with Crippen molar-refractivity contribution in [3.63, 3.8) is 0 Å². The van der Waals surface area contributed by atoms with Gasteiger partial charge in [0.15, 0.2) is 0 Å². The second kappa shape index (κ2) is 5.54. The highest BCUT2D eigenvalue weighted by Crippen LogP contribution is 2.27. The first kappa shape index (κ1) is 13.6. The van der Waals surface area contributed by atoms with Crippen LogP contribution in [0.2, 0.25) is 0 Å². The van der Waals surface area contributed by atoms with Crippen molar-refractivity contribution >= 4 is 38.3 Å². The zero-order valence-electron chi connectivity index (χ0n) is 11.1. The fourth-order valence-corrected chi connectivity index (χ4v) is 3.17. The number of fused-ring (bicyclic) bond motifs is 1. The highest BCUT2D eigenvalue weighted by Gasteiger charge is 2.27. The lowest BCUT2D eigenvalue weighted by Gasteiger charge is -2.11. The van der Waals surface area contributed by atoms with Crippen molar-refractivity contribution in [3.05, 3.63) is 40.9 Å². The molecule has 0 aromatic heterocycles. The molecule has 3 rings (SSSR count). The van der Waals surface area contributed by atoms with Crippen LogP contribution in [-0.2, 0) is 4.79 Å². The summed E-state index contributed by atoms with van der Waals surface area (Å²) >= 11 is 3.46. The molecule has 1 aliphatic carbocycles. The fraction of sp³-hybridized carbons (Fsp3) is 0.312. The van der Waals surface area contributed by atoms with Crippen LogP contribution in [0.3, 0.4) is 0 Å². The monoisotopic (exact) mass is 332 g/mol. The molecule has 1 saturated carbocycles. The van der Waals surface area contributed by atoms with E-state index in [0.29, 0.717) is 0 Å². The Labute approximate surface area is 126 Å². The van der Waals surface area contributed by atoms with Crippen LogP contribution in [-0.4, -0.2) is 11.9 Å². The molecule has 2 aromatic carbocycles. The quantitative estimate of drug-likeness (QED) is 0.881. The third-order valence-electron chi connectivity index (χ3n) is 3.91. The van der Waals surface area contributed by atoms with Gasteiger partial charge in [0.2, 0.25) is 5.91 Å². The number of hydrogen-bond donors (Lipinski definition) is 2. The summed E-state index contributed by atoms with van der Waals surface area (Å²) in [7, 11) is 0. The van der Waals surface area contributed by atoms with Crippen LogP contribution < -0.4 is 11.1 Å². The van der Waals surface area contributed by atoms with Crippen molar-refractivity contribution in [2.24, 2.45) is 11.7 Å². The van der Waals surface area contributed by atoms with E-state index in [-0.39, 0.29) is 17.9 Å². The number of carbonyl (C=O) groups is 1. The van der Waals surface area contributed by atoms with Crippen molar-refractivity contribution in [2.75, 3.05) is 5.32 Å². The highest BCUT2D eigenvalue weighted by atomic mass is 79.9. The van der Waals surface area contributed by atoms with Gasteiger partial charge in [-0.3, -0.25) is 4.79 Å². The molecule has 0 aliphatic heterocycles. The third-order valence-corrected chi connectivity index (χ3v) is 4.41. The molecule has 20 heavy (non-hydrogen) atoms. The zero-order chi connectivity index (χ0) is 14.1. The third kappa shape index (κ3) is 2.86. The lowest BCUT2D eigenvalue weighted by atomic mass is 10.1. The number of rotatable bonds is 2. The molecule has 1 amide bonds. The minimum atomic E-state index is 0.0608. The summed E-state index contributed by atoms with van der Waals surface area (Å²) in [6.45, 7) is 0. The van der Waals surface area contributed by atoms with Crippen LogP contribution in [0.5, 0.6) is 0 Å². The van der Waals surface area contributed by atoms with Crippen LogP contribution >= 0.6 is 15.9 Å². The van der Waals surface area contributed by atoms with E-state index in [0.717, 1.165) is 40.2 Å². The van der Waals surface area contributed by atoms with Crippen LogP contribution in [0.15, 0.2) is 40.9 Å². The summed E-state index contributed by atoms with van der Waals surface area (Å²) < 4.78 is 1.06. The second-order valence-corrected chi connectivity index (χ2v) is 6.38. The summed E-state index contributed by atoms with van der Waals surface area (Å²) in [5.74, 6) is 0.153. The van der Waals surface area contributed by atoms with Gasteiger partial charge in [0.1, 0.15) is 0 Å². The lowest BCUT2D eigenvalue weighted by Crippen LogP contribution is -2.23. The number of benzene rings is 2. The molecule has 3 N–H and O–H groups in total. The number of amides is 1. The number of anilines is 1. The molecular formula is C16H17BrN2O. The van der Waals surface area contributed by atoms with Crippen molar-refractivity contribution in [2.45, 2.75) is 25.3 Å². The van der Waals surface area contributed by atoms with E-state index in [1.165, 1.54) is 0 Å². The molecular weight excluding hydrogens is 316 g/mol. The Morgan fingerprint density at radius 3 is 2.65 bits per heavy atom. The topological polar surface area (TPSA) is 55.1 Å². The van der Waals surface area contributed by atoms with Crippen molar-refractivity contribution in [1.29, 1.82) is 0 Å². The van der Waals surface area contributed by atoms with E-state index in [1.807, 2.05) is 30.3 Å². The highest BCUT2D eigenvalue weighted by molar-refractivity contribution is 9.10. The zero-order valence-corrected chi connectivity index (χ0v) is 12.7. The van der Waals surface area contributed by atoms with E-state index >= 15 is 0 Å². The summed E-state index contributed by atoms with van der Waals surface area (Å²) in [4.78, 5) is 12.2. The molecule has 4 heteroatoms. The molecule has 104 valence electrons. The molecule has 2 unspecified atom stereocenters. The number of carbonyl (C=O) groups excluding carboxylic acids is 1. The fourth-order valence-electron chi connectivity index (χ4n) is 2.79. The Morgan fingerprint density at radius 1 is 1.15 bits per heavy atom. The van der Waals surface area contributed by atoms with E-state index < -0.39 is 0 Å². The maximum Gasteiger partial charge on any atom is 0.227 e. The van der Waals surface area contributed by atoms with Gasteiger partial charge < -0.3 is 11.1 Å². The van der Waals surface area contributed by atoms with Gasteiger partial charge in [0, 0.05) is 22.1 Å². The van der Waals surface area contributed by atoms with E-state index in [1.54, 1.807) is 0 Å². The number of hydrogen-bond acceptors (Lipinski definition) is 2. The molecule has 1 aliphatic rings. The van der Waals surface area contributed by atoms with Gasteiger partial charge in [0.25, 0.3) is 0 Å². The molecule has 2 aromatic rings. The normalized spacial score (nSPS) is 22.1.